The van der Waals surface area contributed by atoms with Crippen molar-refractivity contribution in [2.45, 2.75) is 25.4 Å². The molecule has 19 heavy (non-hydrogen) atoms. The first-order chi connectivity index (χ1) is 9.28. The smallest absolute Gasteiger partial charge is 0.276 e. The maximum Gasteiger partial charge on any atom is 0.276 e. The van der Waals surface area contributed by atoms with Crippen LogP contribution in [0.25, 0.3) is 0 Å². The summed E-state index contributed by atoms with van der Waals surface area (Å²) in [6.07, 6.45) is 4.32. The van der Waals surface area contributed by atoms with Gasteiger partial charge in [-0.15, -0.1) is 5.10 Å². The molecule has 0 radical (unpaired) electrons. The van der Waals surface area contributed by atoms with Gasteiger partial charge in [-0.3, -0.25) is 14.4 Å². The van der Waals surface area contributed by atoms with E-state index in [0.717, 1.165) is 32.2 Å². The lowest BCUT2D eigenvalue weighted by molar-refractivity contribution is 0.0621. The number of piperazine rings is 1. The van der Waals surface area contributed by atoms with Gasteiger partial charge in [0.1, 0.15) is 0 Å². The zero-order valence-corrected chi connectivity index (χ0v) is 11.0. The SMILES string of the molecule is NCCn1cc(C(=O)N2CCN(C3CC3)CC2)nn1. The van der Waals surface area contributed by atoms with Crippen LogP contribution >= 0.6 is 0 Å². The number of nitrogens with two attached hydrogens (primary N) is 1. The minimum atomic E-state index is -0.0151. The van der Waals surface area contributed by atoms with E-state index in [1.54, 1.807) is 10.9 Å². The second kappa shape index (κ2) is 5.26. The Bertz CT molecular complexity index is 447. The van der Waals surface area contributed by atoms with E-state index in [2.05, 4.69) is 15.2 Å². The number of aromatic nitrogens is 3. The lowest BCUT2D eigenvalue weighted by atomic mass is 10.3. The molecule has 2 aliphatic rings. The van der Waals surface area contributed by atoms with E-state index >= 15 is 0 Å². The van der Waals surface area contributed by atoms with Gasteiger partial charge in [-0.2, -0.15) is 0 Å². The summed E-state index contributed by atoms with van der Waals surface area (Å²) in [5, 5.41) is 7.83. The number of rotatable bonds is 4. The van der Waals surface area contributed by atoms with Crippen LogP contribution in [0.4, 0.5) is 0 Å². The first-order valence-electron chi connectivity index (χ1n) is 6.91. The number of hydrogen-bond acceptors (Lipinski definition) is 5. The lowest BCUT2D eigenvalue weighted by Crippen LogP contribution is -2.49. The Morgan fingerprint density at radius 3 is 2.68 bits per heavy atom. The van der Waals surface area contributed by atoms with Crippen LogP contribution in [0.5, 0.6) is 0 Å². The standard InChI is InChI=1S/C12H20N6O/c13-3-4-18-9-11(14-15-18)12(19)17-7-5-16(6-8-17)10-1-2-10/h9-10H,1-8,13H2. The summed E-state index contributed by atoms with van der Waals surface area (Å²) in [5.74, 6) is -0.0151. The Labute approximate surface area is 112 Å². The molecule has 1 aliphatic carbocycles. The Morgan fingerprint density at radius 2 is 2.05 bits per heavy atom. The van der Waals surface area contributed by atoms with Crippen molar-refractivity contribution in [1.82, 2.24) is 24.8 Å². The van der Waals surface area contributed by atoms with E-state index in [1.807, 2.05) is 4.90 Å². The molecule has 1 saturated heterocycles. The molecule has 2 N–H and O–H groups in total. The molecular weight excluding hydrogens is 244 g/mol. The van der Waals surface area contributed by atoms with Crippen molar-refractivity contribution < 1.29 is 4.79 Å². The fourth-order valence-corrected chi connectivity index (χ4v) is 2.53. The largest absolute Gasteiger partial charge is 0.335 e. The third kappa shape index (κ3) is 2.76. The molecule has 2 fully saturated rings. The second-order valence-corrected chi connectivity index (χ2v) is 5.21. The zero-order valence-electron chi connectivity index (χ0n) is 11.0. The monoisotopic (exact) mass is 264 g/mol. The summed E-state index contributed by atoms with van der Waals surface area (Å²) < 4.78 is 1.62. The van der Waals surface area contributed by atoms with Gasteiger partial charge >= 0.3 is 0 Å². The maximum atomic E-state index is 12.3. The number of carbonyl (C=O) groups is 1. The van der Waals surface area contributed by atoms with Crippen LogP contribution in [0, 0.1) is 0 Å². The molecule has 0 bridgehead atoms. The van der Waals surface area contributed by atoms with Crippen LogP contribution in [0.3, 0.4) is 0 Å². The Kier molecular flexibility index (Phi) is 3.48. The van der Waals surface area contributed by atoms with Crippen LogP contribution in [0.2, 0.25) is 0 Å². The number of nitrogens with zero attached hydrogens (tertiary/aromatic N) is 5. The molecule has 7 nitrogen and oxygen atoms in total. The average Bonchev–Trinajstić information content (AvgIpc) is 3.19. The molecule has 1 amide bonds. The number of hydrogen-bond donors (Lipinski definition) is 1. The molecule has 0 atom stereocenters. The van der Waals surface area contributed by atoms with Gasteiger partial charge in [0.05, 0.1) is 12.7 Å². The molecule has 1 aromatic rings. The van der Waals surface area contributed by atoms with Crippen LogP contribution < -0.4 is 5.73 Å². The first-order valence-corrected chi connectivity index (χ1v) is 6.91. The second-order valence-electron chi connectivity index (χ2n) is 5.21. The van der Waals surface area contributed by atoms with E-state index < -0.39 is 0 Å². The van der Waals surface area contributed by atoms with Crippen molar-refractivity contribution in [3.05, 3.63) is 11.9 Å². The van der Waals surface area contributed by atoms with Gasteiger partial charge in [0.15, 0.2) is 5.69 Å². The molecule has 3 rings (SSSR count). The van der Waals surface area contributed by atoms with Crippen LogP contribution in [0.1, 0.15) is 23.3 Å². The van der Waals surface area contributed by atoms with E-state index in [1.165, 1.54) is 12.8 Å². The molecule has 2 heterocycles. The van der Waals surface area contributed by atoms with Crippen molar-refractivity contribution in [3.8, 4) is 0 Å². The van der Waals surface area contributed by atoms with Gasteiger partial charge in [0.25, 0.3) is 5.91 Å². The van der Waals surface area contributed by atoms with Crippen molar-refractivity contribution in [2.24, 2.45) is 5.73 Å². The summed E-state index contributed by atoms with van der Waals surface area (Å²) in [4.78, 5) is 16.6. The van der Waals surface area contributed by atoms with E-state index in [0.29, 0.717) is 18.8 Å². The van der Waals surface area contributed by atoms with Crippen molar-refractivity contribution in [1.29, 1.82) is 0 Å². The van der Waals surface area contributed by atoms with Gasteiger partial charge in [0.2, 0.25) is 0 Å². The molecule has 1 aromatic heterocycles. The molecule has 0 aromatic carbocycles. The van der Waals surface area contributed by atoms with Crippen LogP contribution in [0.15, 0.2) is 6.20 Å². The summed E-state index contributed by atoms with van der Waals surface area (Å²) in [6, 6.07) is 0.780. The Hall–Kier alpha value is -1.47. The van der Waals surface area contributed by atoms with Gasteiger partial charge in [-0.25, -0.2) is 0 Å². The lowest BCUT2D eigenvalue weighted by Gasteiger charge is -2.34. The highest BCUT2D eigenvalue weighted by Gasteiger charge is 2.32. The predicted molar refractivity (Wildman–Crippen MR) is 69.6 cm³/mol. The highest BCUT2D eigenvalue weighted by atomic mass is 16.2. The predicted octanol–water partition coefficient (Wildman–Crippen LogP) is -0.843. The topological polar surface area (TPSA) is 80.3 Å². The van der Waals surface area contributed by atoms with Gasteiger partial charge in [0, 0.05) is 38.8 Å². The summed E-state index contributed by atoms with van der Waals surface area (Å²) in [7, 11) is 0. The fourth-order valence-electron chi connectivity index (χ4n) is 2.53. The summed E-state index contributed by atoms with van der Waals surface area (Å²) >= 11 is 0. The molecule has 0 spiro atoms. The highest BCUT2D eigenvalue weighted by Crippen LogP contribution is 2.27. The molecule has 1 aliphatic heterocycles. The highest BCUT2D eigenvalue weighted by molar-refractivity contribution is 5.92. The van der Waals surface area contributed by atoms with Gasteiger partial charge in [-0.1, -0.05) is 5.21 Å². The third-order valence-electron chi connectivity index (χ3n) is 3.78. The minimum Gasteiger partial charge on any atom is -0.335 e. The minimum absolute atomic E-state index is 0.0151. The maximum absolute atomic E-state index is 12.3. The molecule has 104 valence electrons. The quantitative estimate of drug-likeness (QED) is 0.767. The van der Waals surface area contributed by atoms with E-state index in [4.69, 9.17) is 5.73 Å². The van der Waals surface area contributed by atoms with Gasteiger partial charge < -0.3 is 10.6 Å². The fraction of sp³-hybridized carbons (Fsp3) is 0.750. The van der Waals surface area contributed by atoms with Crippen molar-refractivity contribution in [3.63, 3.8) is 0 Å². The van der Waals surface area contributed by atoms with Gasteiger partial charge in [-0.05, 0) is 12.8 Å². The molecular formula is C12H20N6O. The first kappa shape index (κ1) is 12.6. The van der Waals surface area contributed by atoms with Crippen LogP contribution in [-0.2, 0) is 6.54 Å². The molecule has 1 saturated carbocycles. The van der Waals surface area contributed by atoms with Crippen molar-refractivity contribution in [2.75, 3.05) is 32.7 Å². The van der Waals surface area contributed by atoms with E-state index in [9.17, 15) is 4.79 Å². The zero-order chi connectivity index (χ0) is 13.2. The Morgan fingerprint density at radius 1 is 1.32 bits per heavy atom. The normalized spacial score (nSPS) is 20.8. The van der Waals surface area contributed by atoms with Crippen molar-refractivity contribution >= 4 is 5.91 Å². The third-order valence-corrected chi connectivity index (χ3v) is 3.78. The Balaban J connectivity index is 1.57. The van der Waals surface area contributed by atoms with Crippen LogP contribution in [-0.4, -0.2) is 69.5 Å². The molecule has 0 unspecified atom stereocenters. The number of amides is 1. The average molecular weight is 264 g/mol. The number of carbonyl (C=O) groups excluding carboxylic acids is 1. The summed E-state index contributed by atoms with van der Waals surface area (Å²) in [6.45, 7) is 4.63. The van der Waals surface area contributed by atoms with E-state index in [-0.39, 0.29) is 5.91 Å². The molecule has 7 heteroatoms. The summed E-state index contributed by atoms with van der Waals surface area (Å²) in [5.41, 5.74) is 5.87.